The van der Waals surface area contributed by atoms with Crippen molar-refractivity contribution in [3.05, 3.63) is 0 Å². The van der Waals surface area contributed by atoms with E-state index in [0.29, 0.717) is 0 Å². The Bertz CT molecular complexity index is 415. The Morgan fingerprint density at radius 1 is 1.26 bits per heavy atom. The van der Waals surface area contributed by atoms with Crippen molar-refractivity contribution in [1.82, 2.24) is 0 Å². The van der Waals surface area contributed by atoms with Gasteiger partial charge in [-0.15, -0.1) is 0 Å². The predicted octanol–water partition coefficient (Wildman–Crippen LogP) is 1.60. The van der Waals surface area contributed by atoms with Crippen molar-refractivity contribution in [3.8, 4) is 0 Å². The smallest absolute Gasteiger partial charge is 0.310 e. The van der Waals surface area contributed by atoms with Crippen molar-refractivity contribution in [2.45, 2.75) is 39.2 Å². The average molecular weight is 269 g/mol. The number of fused-ring (bicyclic) bond motifs is 1. The van der Waals surface area contributed by atoms with E-state index in [-0.39, 0.29) is 18.3 Å². The lowest BCUT2D eigenvalue weighted by Gasteiger charge is -2.20. The molecule has 1 heterocycles. The zero-order valence-electron chi connectivity index (χ0n) is 11.1. The fourth-order valence-electron chi connectivity index (χ4n) is 3.28. The molecule has 2 rings (SSSR count). The highest BCUT2D eigenvalue weighted by molar-refractivity contribution is 5.95. The Morgan fingerprint density at radius 3 is 2.32 bits per heavy atom. The summed E-state index contributed by atoms with van der Waals surface area (Å²) in [6.45, 7) is 4.03. The van der Waals surface area contributed by atoms with Crippen molar-refractivity contribution >= 4 is 17.7 Å². The molecular weight excluding hydrogens is 250 g/mol. The highest BCUT2D eigenvalue weighted by Crippen LogP contribution is 2.45. The van der Waals surface area contributed by atoms with Crippen molar-refractivity contribution < 1.29 is 24.6 Å². The van der Waals surface area contributed by atoms with Gasteiger partial charge in [-0.05, 0) is 19.3 Å². The highest BCUT2D eigenvalue weighted by Gasteiger charge is 2.56. The van der Waals surface area contributed by atoms with Crippen LogP contribution in [0, 0.1) is 23.7 Å². The Hall–Kier alpha value is -1.59. The number of carbonyl (C=O) groups is 2. The Labute approximate surface area is 111 Å². The van der Waals surface area contributed by atoms with Crippen molar-refractivity contribution in [3.63, 3.8) is 0 Å². The quantitative estimate of drug-likeness (QED) is 0.790. The third-order valence-corrected chi connectivity index (χ3v) is 4.35. The molecular formula is C13H19NO5. The lowest BCUT2D eigenvalue weighted by atomic mass is 9.82. The fraction of sp³-hybridized carbons (Fsp3) is 0.769. The molecule has 19 heavy (non-hydrogen) atoms. The van der Waals surface area contributed by atoms with Gasteiger partial charge in [0.15, 0.2) is 0 Å². The van der Waals surface area contributed by atoms with Crippen LogP contribution in [0.1, 0.15) is 33.1 Å². The molecule has 106 valence electrons. The van der Waals surface area contributed by atoms with Gasteiger partial charge in [0, 0.05) is 5.92 Å². The number of carboxylic acids is 2. The molecule has 0 aromatic heterocycles. The third kappa shape index (κ3) is 2.19. The van der Waals surface area contributed by atoms with Crippen molar-refractivity contribution in [2.75, 3.05) is 0 Å². The van der Waals surface area contributed by atoms with Crippen LogP contribution in [0.15, 0.2) is 5.16 Å². The summed E-state index contributed by atoms with van der Waals surface area (Å²) in [5, 5.41) is 22.5. The summed E-state index contributed by atoms with van der Waals surface area (Å²) < 4.78 is 0. The maximum absolute atomic E-state index is 11.4. The molecule has 0 aromatic rings. The summed E-state index contributed by atoms with van der Waals surface area (Å²) in [6.07, 6.45) is 1.21. The molecule has 0 bridgehead atoms. The van der Waals surface area contributed by atoms with E-state index in [2.05, 4.69) is 5.16 Å². The van der Waals surface area contributed by atoms with Crippen LogP contribution in [0.25, 0.3) is 0 Å². The number of hydrogen-bond donors (Lipinski definition) is 2. The van der Waals surface area contributed by atoms with Crippen LogP contribution in [0.4, 0.5) is 0 Å². The second-order valence-corrected chi connectivity index (χ2v) is 5.25. The highest BCUT2D eigenvalue weighted by atomic mass is 16.6. The standard InChI is InChI=1S/C13H19NO5/c1-3-6(4-2)10-9-7(12(15)16)5-8(13(17)18)11(9)19-14-10/h6-9,11H,3-5H2,1-2H3,(H,15,16)(H,17,18)/t7-,8+,9-,11-/m0/s1. The molecule has 0 aromatic carbocycles. The summed E-state index contributed by atoms with van der Waals surface area (Å²) in [4.78, 5) is 27.8. The molecule has 4 atom stereocenters. The van der Waals surface area contributed by atoms with Crippen LogP contribution in [0.2, 0.25) is 0 Å². The first-order valence-electron chi connectivity index (χ1n) is 6.70. The Kier molecular flexibility index (Phi) is 3.78. The van der Waals surface area contributed by atoms with Gasteiger partial charge in [-0.1, -0.05) is 19.0 Å². The molecule has 1 aliphatic heterocycles. The van der Waals surface area contributed by atoms with Gasteiger partial charge < -0.3 is 15.1 Å². The third-order valence-electron chi connectivity index (χ3n) is 4.35. The molecule has 0 unspecified atom stereocenters. The maximum atomic E-state index is 11.4. The molecule has 2 aliphatic rings. The van der Waals surface area contributed by atoms with Gasteiger partial charge in [0.05, 0.1) is 23.5 Å². The van der Waals surface area contributed by atoms with E-state index in [1.807, 2.05) is 13.8 Å². The van der Waals surface area contributed by atoms with E-state index >= 15 is 0 Å². The zero-order chi connectivity index (χ0) is 14.2. The molecule has 6 nitrogen and oxygen atoms in total. The molecule has 6 heteroatoms. The topological polar surface area (TPSA) is 96.2 Å². The van der Waals surface area contributed by atoms with Gasteiger partial charge in [-0.25, -0.2) is 0 Å². The van der Waals surface area contributed by atoms with E-state index < -0.39 is 29.9 Å². The molecule has 0 amide bonds. The fourth-order valence-corrected chi connectivity index (χ4v) is 3.28. The van der Waals surface area contributed by atoms with Crippen molar-refractivity contribution in [2.24, 2.45) is 28.8 Å². The van der Waals surface area contributed by atoms with Gasteiger partial charge in [-0.2, -0.15) is 0 Å². The van der Waals surface area contributed by atoms with Crippen molar-refractivity contribution in [1.29, 1.82) is 0 Å². The van der Waals surface area contributed by atoms with E-state index in [1.54, 1.807) is 0 Å². The van der Waals surface area contributed by atoms with Gasteiger partial charge in [0.2, 0.25) is 0 Å². The maximum Gasteiger partial charge on any atom is 0.310 e. The zero-order valence-corrected chi connectivity index (χ0v) is 11.1. The second kappa shape index (κ2) is 5.19. The summed E-state index contributed by atoms with van der Waals surface area (Å²) in [7, 11) is 0. The first kappa shape index (κ1) is 13.8. The number of aliphatic carboxylic acids is 2. The molecule has 0 saturated heterocycles. The monoisotopic (exact) mass is 269 g/mol. The normalized spacial score (nSPS) is 32.9. The Balaban J connectivity index is 2.29. The van der Waals surface area contributed by atoms with Gasteiger partial charge >= 0.3 is 11.9 Å². The van der Waals surface area contributed by atoms with Crippen LogP contribution in [0.5, 0.6) is 0 Å². The van der Waals surface area contributed by atoms with Gasteiger partial charge in [-0.3, -0.25) is 9.59 Å². The number of oxime groups is 1. The van der Waals surface area contributed by atoms with E-state index in [9.17, 15) is 19.8 Å². The SMILES string of the molecule is CCC(CC)C1=NO[C@@H]2[C@H]1[C@@H](C(=O)O)C[C@H]2C(=O)O. The van der Waals surface area contributed by atoms with Crippen LogP contribution in [-0.2, 0) is 14.4 Å². The summed E-state index contributed by atoms with van der Waals surface area (Å²) in [5.74, 6) is -3.65. The number of hydrogen-bond acceptors (Lipinski definition) is 4. The number of nitrogens with zero attached hydrogens (tertiary/aromatic N) is 1. The second-order valence-electron chi connectivity index (χ2n) is 5.25. The number of carboxylic acid groups (broad SMARTS) is 2. The summed E-state index contributed by atoms with van der Waals surface area (Å²) >= 11 is 0. The first-order chi connectivity index (χ1) is 9.01. The molecule has 1 saturated carbocycles. The molecule has 1 aliphatic carbocycles. The predicted molar refractivity (Wildman–Crippen MR) is 66.7 cm³/mol. The molecule has 1 fully saturated rings. The minimum atomic E-state index is -1.00. The van der Waals surface area contributed by atoms with Crippen LogP contribution in [0.3, 0.4) is 0 Å². The lowest BCUT2D eigenvalue weighted by Crippen LogP contribution is -2.33. The van der Waals surface area contributed by atoms with E-state index in [0.717, 1.165) is 18.6 Å². The first-order valence-corrected chi connectivity index (χ1v) is 6.70. The van der Waals surface area contributed by atoms with E-state index in [1.165, 1.54) is 0 Å². The van der Waals surface area contributed by atoms with Crippen LogP contribution < -0.4 is 0 Å². The van der Waals surface area contributed by atoms with Gasteiger partial charge in [0.1, 0.15) is 6.10 Å². The number of rotatable bonds is 5. The minimum Gasteiger partial charge on any atom is -0.481 e. The molecule has 2 N–H and O–H groups in total. The van der Waals surface area contributed by atoms with Crippen LogP contribution >= 0.6 is 0 Å². The summed E-state index contributed by atoms with van der Waals surface area (Å²) in [5.41, 5.74) is 0.742. The Morgan fingerprint density at radius 2 is 1.84 bits per heavy atom. The van der Waals surface area contributed by atoms with Crippen LogP contribution in [-0.4, -0.2) is 34.0 Å². The summed E-state index contributed by atoms with van der Waals surface area (Å²) in [6, 6.07) is 0. The van der Waals surface area contributed by atoms with E-state index in [4.69, 9.17) is 4.84 Å². The van der Waals surface area contributed by atoms with Gasteiger partial charge in [0.25, 0.3) is 0 Å². The average Bonchev–Trinajstić information content (AvgIpc) is 2.91. The largest absolute Gasteiger partial charge is 0.481 e. The molecule has 0 radical (unpaired) electrons. The lowest BCUT2D eigenvalue weighted by molar-refractivity contribution is -0.145. The minimum absolute atomic E-state index is 0.124. The molecule has 0 spiro atoms.